The Hall–Kier alpha value is -2.95. The second kappa shape index (κ2) is 11.3. The van der Waals surface area contributed by atoms with Crippen molar-refractivity contribution in [2.45, 2.75) is 38.6 Å². The summed E-state index contributed by atoms with van der Waals surface area (Å²) in [4.78, 5) is 17.4. The van der Waals surface area contributed by atoms with Gasteiger partial charge >= 0.3 is 10.3 Å². The first-order valence-electron chi connectivity index (χ1n) is 10.5. The average molecular weight is 490 g/mol. The van der Waals surface area contributed by atoms with E-state index in [1.165, 1.54) is 11.3 Å². The lowest BCUT2D eigenvalue weighted by Gasteiger charge is -2.17. The standard InChI is InChI=1S/C23H27N3O5S2/c1-3-18-15-32-23(24-18)21(14-17-7-10-19(11-8-17)26-33(28,29)30)25-22(27)12-9-16-5-4-6-20(13-16)31-2/h4-8,10-11,13,15,21,26H,3,9,12,14H2,1-2H3,(H,25,27)(H,28,29,30)/t21-/m0/s1. The van der Waals surface area contributed by atoms with E-state index in [1.807, 2.05) is 41.3 Å². The average Bonchev–Trinajstić information content (AvgIpc) is 3.27. The lowest BCUT2D eigenvalue weighted by molar-refractivity contribution is -0.121. The summed E-state index contributed by atoms with van der Waals surface area (Å²) in [6.07, 6.45) is 2.22. The molecule has 0 radical (unpaired) electrons. The highest BCUT2D eigenvalue weighted by Gasteiger charge is 2.19. The number of methoxy groups -OCH3 is 1. The van der Waals surface area contributed by atoms with E-state index in [0.717, 1.165) is 34.0 Å². The van der Waals surface area contributed by atoms with Crippen LogP contribution in [0.3, 0.4) is 0 Å². The molecule has 3 N–H and O–H groups in total. The monoisotopic (exact) mass is 489 g/mol. The molecule has 0 spiro atoms. The molecule has 1 heterocycles. The van der Waals surface area contributed by atoms with Gasteiger partial charge in [0.05, 0.1) is 24.5 Å². The predicted octanol–water partition coefficient (Wildman–Crippen LogP) is 3.96. The number of rotatable bonds is 11. The molecule has 0 unspecified atom stereocenters. The summed E-state index contributed by atoms with van der Waals surface area (Å²) in [6, 6.07) is 13.9. The molecule has 0 saturated carbocycles. The number of nitrogens with one attached hydrogen (secondary N) is 2. The van der Waals surface area contributed by atoms with Crippen LogP contribution in [0.15, 0.2) is 53.9 Å². The van der Waals surface area contributed by atoms with Crippen molar-refractivity contribution in [3.63, 3.8) is 0 Å². The van der Waals surface area contributed by atoms with E-state index in [0.29, 0.717) is 19.3 Å². The SMILES string of the molecule is CCc1csc([C@H](Cc2ccc(NS(=O)(=O)O)cc2)NC(=O)CCc2cccc(OC)c2)n1. The number of carbonyl (C=O) groups is 1. The number of thiazole rings is 1. The molecule has 1 atom stereocenters. The molecule has 3 aromatic rings. The minimum absolute atomic E-state index is 0.0827. The molecule has 0 bridgehead atoms. The van der Waals surface area contributed by atoms with Gasteiger partial charge in [-0.05, 0) is 54.7 Å². The van der Waals surface area contributed by atoms with Gasteiger partial charge in [0.15, 0.2) is 0 Å². The van der Waals surface area contributed by atoms with Crippen molar-refractivity contribution >= 4 is 33.2 Å². The van der Waals surface area contributed by atoms with Crippen molar-refractivity contribution in [1.29, 1.82) is 0 Å². The number of ether oxygens (including phenoxy) is 1. The van der Waals surface area contributed by atoms with Crippen molar-refractivity contribution in [2.24, 2.45) is 0 Å². The molecular weight excluding hydrogens is 462 g/mol. The van der Waals surface area contributed by atoms with Gasteiger partial charge in [-0.25, -0.2) is 4.98 Å². The Morgan fingerprint density at radius 3 is 2.58 bits per heavy atom. The third-order valence-electron chi connectivity index (χ3n) is 4.98. The summed E-state index contributed by atoms with van der Waals surface area (Å²) < 4.78 is 38.1. The Morgan fingerprint density at radius 1 is 1.18 bits per heavy atom. The van der Waals surface area contributed by atoms with Gasteiger partial charge in [0.25, 0.3) is 0 Å². The maximum atomic E-state index is 12.8. The van der Waals surface area contributed by atoms with E-state index >= 15 is 0 Å². The fourth-order valence-corrected chi connectivity index (χ4v) is 4.68. The number of carbonyl (C=O) groups excluding carboxylic acids is 1. The van der Waals surface area contributed by atoms with Crippen LogP contribution in [0.2, 0.25) is 0 Å². The lowest BCUT2D eigenvalue weighted by Crippen LogP contribution is -2.30. The Labute approximate surface area is 197 Å². The number of aromatic nitrogens is 1. The minimum atomic E-state index is -4.33. The number of aryl methyl sites for hydroxylation is 2. The first-order valence-corrected chi connectivity index (χ1v) is 12.8. The summed E-state index contributed by atoms with van der Waals surface area (Å²) in [5, 5.41) is 5.91. The Morgan fingerprint density at radius 2 is 1.94 bits per heavy atom. The lowest BCUT2D eigenvalue weighted by atomic mass is 10.0. The number of benzene rings is 2. The fraction of sp³-hybridized carbons (Fsp3) is 0.304. The third kappa shape index (κ3) is 7.85. The summed E-state index contributed by atoms with van der Waals surface area (Å²) in [5.41, 5.74) is 3.13. The topological polar surface area (TPSA) is 118 Å². The highest BCUT2D eigenvalue weighted by molar-refractivity contribution is 7.87. The highest BCUT2D eigenvalue weighted by atomic mass is 32.2. The zero-order valence-electron chi connectivity index (χ0n) is 18.4. The normalized spacial score (nSPS) is 12.2. The number of amides is 1. The fourth-order valence-electron chi connectivity index (χ4n) is 3.29. The van der Waals surface area contributed by atoms with Gasteiger partial charge in [-0.15, -0.1) is 11.3 Å². The number of hydrogen-bond donors (Lipinski definition) is 3. The van der Waals surface area contributed by atoms with Crippen molar-refractivity contribution < 1.29 is 22.5 Å². The van der Waals surface area contributed by atoms with E-state index in [4.69, 9.17) is 9.29 Å². The number of hydrogen-bond acceptors (Lipinski definition) is 6. The van der Waals surface area contributed by atoms with Crippen molar-refractivity contribution in [1.82, 2.24) is 10.3 Å². The van der Waals surface area contributed by atoms with Gasteiger partial charge in [0.2, 0.25) is 5.91 Å². The molecule has 3 rings (SSSR count). The number of nitrogens with zero attached hydrogens (tertiary/aromatic N) is 1. The van der Waals surface area contributed by atoms with Crippen LogP contribution >= 0.6 is 11.3 Å². The molecule has 1 amide bonds. The van der Waals surface area contributed by atoms with Crippen LogP contribution in [0.25, 0.3) is 0 Å². The quantitative estimate of drug-likeness (QED) is 0.351. The summed E-state index contributed by atoms with van der Waals surface area (Å²) in [5.74, 6) is 0.674. The van der Waals surface area contributed by atoms with Gasteiger partial charge < -0.3 is 10.1 Å². The Balaban J connectivity index is 1.69. The second-order valence-electron chi connectivity index (χ2n) is 7.48. The summed E-state index contributed by atoms with van der Waals surface area (Å²) in [7, 11) is -2.72. The van der Waals surface area contributed by atoms with Gasteiger partial charge in [-0.2, -0.15) is 8.42 Å². The van der Waals surface area contributed by atoms with Crippen LogP contribution < -0.4 is 14.8 Å². The zero-order valence-corrected chi connectivity index (χ0v) is 20.1. The summed E-state index contributed by atoms with van der Waals surface area (Å²) in [6.45, 7) is 2.03. The smallest absolute Gasteiger partial charge is 0.357 e. The molecular formula is C23H27N3O5S2. The van der Waals surface area contributed by atoms with Crippen molar-refractivity contribution in [3.8, 4) is 5.75 Å². The van der Waals surface area contributed by atoms with E-state index in [1.54, 1.807) is 31.4 Å². The van der Waals surface area contributed by atoms with E-state index in [-0.39, 0.29) is 17.6 Å². The molecule has 2 aromatic carbocycles. The number of anilines is 1. The predicted molar refractivity (Wildman–Crippen MR) is 129 cm³/mol. The minimum Gasteiger partial charge on any atom is -0.497 e. The Bertz CT molecular complexity index is 1180. The first kappa shape index (κ1) is 24.7. The van der Waals surface area contributed by atoms with Crippen LogP contribution in [-0.2, 0) is 34.4 Å². The van der Waals surface area contributed by atoms with Gasteiger partial charge in [0.1, 0.15) is 10.8 Å². The van der Waals surface area contributed by atoms with Crippen molar-refractivity contribution in [3.05, 3.63) is 75.7 Å². The maximum absolute atomic E-state index is 12.8. The molecule has 0 aliphatic carbocycles. The van der Waals surface area contributed by atoms with E-state index in [2.05, 4.69) is 10.3 Å². The highest BCUT2D eigenvalue weighted by Crippen LogP contribution is 2.24. The molecule has 176 valence electrons. The first-order chi connectivity index (χ1) is 15.8. The van der Waals surface area contributed by atoms with E-state index < -0.39 is 10.3 Å². The molecule has 8 nitrogen and oxygen atoms in total. The van der Waals surface area contributed by atoms with Crippen LogP contribution in [0.1, 0.15) is 41.2 Å². The second-order valence-corrected chi connectivity index (χ2v) is 9.52. The van der Waals surface area contributed by atoms with Crippen LogP contribution in [-0.4, -0.2) is 31.0 Å². The van der Waals surface area contributed by atoms with Gasteiger partial charge in [-0.3, -0.25) is 14.1 Å². The van der Waals surface area contributed by atoms with E-state index in [9.17, 15) is 13.2 Å². The molecule has 10 heteroatoms. The Kier molecular flexibility index (Phi) is 8.43. The molecule has 33 heavy (non-hydrogen) atoms. The molecule has 1 aromatic heterocycles. The zero-order chi connectivity index (χ0) is 23.8. The third-order valence-corrected chi connectivity index (χ3v) is 6.48. The van der Waals surface area contributed by atoms with Crippen molar-refractivity contribution in [2.75, 3.05) is 11.8 Å². The molecule has 0 aliphatic rings. The van der Waals surface area contributed by atoms with Crippen LogP contribution in [0.5, 0.6) is 5.75 Å². The van der Waals surface area contributed by atoms with Gasteiger partial charge in [0, 0.05) is 11.8 Å². The van der Waals surface area contributed by atoms with Gasteiger partial charge in [-0.1, -0.05) is 31.2 Å². The van der Waals surface area contributed by atoms with Crippen LogP contribution in [0, 0.1) is 0 Å². The maximum Gasteiger partial charge on any atom is 0.357 e. The molecule has 0 aliphatic heterocycles. The summed E-state index contributed by atoms with van der Waals surface area (Å²) >= 11 is 1.51. The molecule has 0 saturated heterocycles. The largest absolute Gasteiger partial charge is 0.497 e. The molecule has 0 fully saturated rings. The van der Waals surface area contributed by atoms with Crippen LogP contribution in [0.4, 0.5) is 5.69 Å².